The second kappa shape index (κ2) is 8.80. The normalized spacial score (nSPS) is 17.9. The lowest BCUT2D eigenvalue weighted by Crippen LogP contribution is -2.46. The number of piperazine rings is 1. The smallest absolute Gasteiger partial charge is 0.293 e. The fourth-order valence-electron chi connectivity index (χ4n) is 3.89. The molecule has 1 aromatic carbocycles. The number of carbonyl (C=O) groups is 1. The second-order valence-electron chi connectivity index (χ2n) is 7.56. The summed E-state index contributed by atoms with van der Waals surface area (Å²) in [5, 5.41) is 15.8. The van der Waals surface area contributed by atoms with Gasteiger partial charge in [0, 0.05) is 63.5 Å². The van der Waals surface area contributed by atoms with Crippen LogP contribution in [0.1, 0.15) is 21.8 Å². The predicted octanol–water partition coefficient (Wildman–Crippen LogP) is 1.69. The molecule has 0 atom stereocenters. The highest BCUT2D eigenvalue weighted by atomic mass is 16.6. The highest BCUT2D eigenvalue weighted by Crippen LogP contribution is 2.31. The standard InChI is InChI=1S/C20H25N5O5/c1-15-12-17(21-30-15)14-22-4-6-23(7-5-22)18-3-2-16(13-19(18)25(27)28)20(26)24-8-10-29-11-9-24/h2-3,12-13H,4-11,14H2,1H3. The Morgan fingerprint density at radius 2 is 1.87 bits per heavy atom. The molecule has 2 aliphatic rings. The van der Waals surface area contributed by atoms with Gasteiger partial charge in [0.05, 0.1) is 23.8 Å². The Morgan fingerprint density at radius 3 is 2.50 bits per heavy atom. The van der Waals surface area contributed by atoms with Crippen LogP contribution in [0.4, 0.5) is 11.4 Å². The van der Waals surface area contributed by atoms with Gasteiger partial charge in [0.1, 0.15) is 11.4 Å². The molecule has 0 bridgehead atoms. The first kappa shape index (κ1) is 20.3. The van der Waals surface area contributed by atoms with Gasteiger partial charge in [-0.15, -0.1) is 0 Å². The molecular weight excluding hydrogens is 390 g/mol. The minimum absolute atomic E-state index is 0.0327. The molecule has 10 heteroatoms. The summed E-state index contributed by atoms with van der Waals surface area (Å²) >= 11 is 0. The highest BCUT2D eigenvalue weighted by Gasteiger charge is 2.27. The summed E-state index contributed by atoms with van der Waals surface area (Å²) in [4.78, 5) is 29.9. The molecule has 2 saturated heterocycles. The minimum Gasteiger partial charge on any atom is -0.378 e. The molecule has 30 heavy (non-hydrogen) atoms. The van der Waals surface area contributed by atoms with Crippen molar-refractivity contribution < 1.29 is 19.0 Å². The van der Waals surface area contributed by atoms with E-state index in [1.54, 1.807) is 17.0 Å². The molecule has 2 fully saturated rings. The number of nitro benzene ring substituents is 1. The van der Waals surface area contributed by atoms with E-state index < -0.39 is 4.92 Å². The van der Waals surface area contributed by atoms with Crippen LogP contribution in [-0.2, 0) is 11.3 Å². The van der Waals surface area contributed by atoms with Gasteiger partial charge in [0.2, 0.25) is 0 Å². The first-order chi connectivity index (χ1) is 14.5. The van der Waals surface area contributed by atoms with Gasteiger partial charge < -0.3 is 19.1 Å². The number of nitrogens with zero attached hydrogens (tertiary/aromatic N) is 5. The molecule has 0 radical (unpaired) electrons. The van der Waals surface area contributed by atoms with Crippen LogP contribution in [0.5, 0.6) is 0 Å². The molecule has 2 aliphatic heterocycles. The number of nitro groups is 1. The van der Waals surface area contributed by atoms with Crippen LogP contribution in [-0.4, -0.2) is 78.3 Å². The van der Waals surface area contributed by atoms with Crippen LogP contribution in [0.25, 0.3) is 0 Å². The van der Waals surface area contributed by atoms with Crippen molar-refractivity contribution in [2.45, 2.75) is 13.5 Å². The lowest BCUT2D eigenvalue weighted by atomic mass is 10.1. The molecule has 1 amide bonds. The van der Waals surface area contributed by atoms with Crippen molar-refractivity contribution in [3.8, 4) is 0 Å². The van der Waals surface area contributed by atoms with E-state index >= 15 is 0 Å². The number of carbonyl (C=O) groups excluding carboxylic acids is 1. The van der Waals surface area contributed by atoms with E-state index in [9.17, 15) is 14.9 Å². The lowest BCUT2D eigenvalue weighted by Gasteiger charge is -2.35. The third-order valence-corrected chi connectivity index (χ3v) is 5.49. The minimum atomic E-state index is -0.407. The lowest BCUT2D eigenvalue weighted by molar-refractivity contribution is -0.384. The van der Waals surface area contributed by atoms with E-state index in [1.165, 1.54) is 6.07 Å². The maximum Gasteiger partial charge on any atom is 0.293 e. The van der Waals surface area contributed by atoms with Crippen molar-refractivity contribution in [1.29, 1.82) is 0 Å². The van der Waals surface area contributed by atoms with Gasteiger partial charge >= 0.3 is 0 Å². The molecule has 10 nitrogen and oxygen atoms in total. The van der Waals surface area contributed by atoms with E-state index in [4.69, 9.17) is 9.26 Å². The zero-order valence-corrected chi connectivity index (χ0v) is 17.0. The van der Waals surface area contributed by atoms with Crippen molar-refractivity contribution in [2.24, 2.45) is 0 Å². The molecule has 0 spiro atoms. The van der Waals surface area contributed by atoms with E-state index in [1.807, 2.05) is 17.9 Å². The van der Waals surface area contributed by atoms with Crippen molar-refractivity contribution >= 4 is 17.3 Å². The van der Waals surface area contributed by atoms with Gasteiger partial charge in [-0.05, 0) is 19.1 Å². The van der Waals surface area contributed by atoms with Crippen molar-refractivity contribution in [1.82, 2.24) is 15.0 Å². The van der Waals surface area contributed by atoms with Gasteiger partial charge in [0.15, 0.2) is 0 Å². The van der Waals surface area contributed by atoms with Crippen LogP contribution in [0, 0.1) is 17.0 Å². The number of morpholine rings is 1. The molecule has 0 N–H and O–H groups in total. The van der Waals surface area contributed by atoms with Crippen LogP contribution < -0.4 is 4.90 Å². The highest BCUT2D eigenvalue weighted by molar-refractivity contribution is 5.96. The summed E-state index contributed by atoms with van der Waals surface area (Å²) in [6.07, 6.45) is 0. The van der Waals surface area contributed by atoms with E-state index in [2.05, 4.69) is 10.1 Å². The summed E-state index contributed by atoms with van der Waals surface area (Å²) in [5.41, 5.74) is 1.75. The summed E-state index contributed by atoms with van der Waals surface area (Å²) in [6.45, 7) is 7.39. The average molecular weight is 415 g/mol. The molecule has 0 saturated carbocycles. The number of rotatable bonds is 5. The number of hydrogen-bond donors (Lipinski definition) is 0. The van der Waals surface area contributed by atoms with Gasteiger partial charge in [-0.2, -0.15) is 0 Å². The van der Waals surface area contributed by atoms with Gasteiger partial charge in [-0.1, -0.05) is 5.16 Å². The first-order valence-electron chi connectivity index (χ1n) is 10.1. The monoisotopic (exact) mass is 415 g/mol. The molecule has 2 aromatic rings. The van der Waals surface area contributed by atoms with Crippen molar-refractivity contribution in [3.63, 3.8) is 0 Å². The zero-order chi connectivity index (χ0) is 21.1. The number of anilines is 1. The summed E-state index contributed by atoms with van der Waals surface area (Å²) in [5.74, 6) is 0.589. The van der Waals surface area contributed by atoms with Crippen LogP contribution in [0.15, 0.2) is 28.8 Å². The average Bonchev–Trinajstić information content (AvgIpc) is 3.18. The largest absolute Gasteiger partial charge is 0.378 e. The number of benzene rings is 1. The Bertz CT molecular complexity index is 916. The van der Waals surface area contributed by atoms with Crippen LogP contribution in [0.3, 0.4) is 0 Å². The van der Waals surface area contributed by atoms with Gasteiger partial charge in [-0.25, -0.2) is 0 Å². The van der Waals surface area contributed by atoms with Gasteiger partial charge in [0.25, 0.3) is 11.6 Å². The Morgan fingerprint density at radius 1 is 1.13 bits per heavy atom. The summed E-state index contributed by atoms with van der Waals surface area (Å²) in [7, 11) is 0. The molecule has 0 aliphatic carbocycles. The van der Waals surface area contributed by atoms with E-state index in [0.29, 0.717) is 57.2 Å². The first-order valence-corrected chi connectivity index (χ1v) is 10.1. The number of hydrogen-bond acceptors (Lipinski definition) is 8. The molecule has 1 aromatic heterocycles. The number of aryl methyl sites for hydroxylation is 1. The summed E-state index contributed by atoms with van der Waals surface area (Å²) < 4.78 is 10.4. The Kier molecular flexibility index (Phi) is 5.96. The van der Waals surface area contributed by atoms with Crippen molar-refractivity contribution in [2.75, 3.05) is 57.4 Å². The Balaban J connectivity index is 1.44. The molecule has 4 rings (SSSR count). The van der Waals surface area contributed by atoms with Crippen molar-refractivity contribution in [3.05, 3.63) is 51.4 Å². The number of amides is 1. The van der Waals surface area contributed by atoms with E-state index in [-0.39, 0.29) is 11.6 Å². The maximum atomic E-state index is 12.7. The topological polar surface area (TPSA) is 105 Å². The van der Waals surface area contributed by atoms with Crippen LogP contribution >= 0.6 is 0 Å². The molecular formula is C20H25N5O5. The Labute approximate surface area is 174 Å². The SMILES string of the molecule is Cc1cc(CN2CCN(c3ccc(C(=O)N4CCOCC4)cc3[N+](=O)[O-])CC2)no1. The molecule has 0 unspecified atom stereocenters. The van der Waals surface area contributed by atoms with E-state index in [0.717, 1.165) is 24.5 Å². The number of aromatic nitrogens is 1. The number of ether oxygens (including phenoxy) is 1. The maximum absolute atomic E-state index is 12.7. The predicted molar refractivity (Wildman–Crippen MR) is 109 cm³/mol. The molecule has 160 valence electrons. The van der Waals surface area contributed by atoms with Crippen LogP contribution in [0.2, 0.25) is 0 Å². The molecule has 3 heterocycles. The Hall–Kier alpha value is -2.98. The fourth-order valence-corrected chi connectivity index (χ4v) is 3.89. The third-order valence-electron chi connectivity index (χ3n) is 5.49. The second-order valence-corrected chi connectivity index (χ2v) is 7.56. The summed E-state index contributed by atoms with van der Waals surface area (Å²) in [6, 6.07) is 6.70. The van der Waals surface area contributed by atoms with Gasteiger partial charge in [-0.3, -0.25) is 19.8 Å². The quantitative estimate of drug-likeness (QED) is 0.537. The zero-order valence-electron chi connectivity index (χ0n) is 17.0. The third kappa shape index (κ3) is 4.44. The fraction of sp³-hybridized carbons (Fsp3) is 0.500.